The van der Waals surface area contributed by atoms with E-state index in [0.717, 1.165) is 22.5 Å². The van der Waals surface area contributed by atoms with Gasteiger partial charge in [0.05, 0.1) is 13.2 Å². The van der Waals surface area contributed by atoms with Crippen molar-refractivity contribution in [3.63, 3.8) is 0 Å². The lowest BCUT2D eigenvalue weighted by Gasteiger charge is -2.05. The number of hydrogen-bond donors (Lipinski definition) is 0. The van der Waals surface area contributed by atoms with Crippen molar-refractivity contribution in [2.45, 2.75) is 34.6 Å². The highest BCUT2D eigenvalue weighted by molar-refractivity contribution is 14.1. The van der Waals surface area contributed by atoms with Crippen LogP contribution in [0, 0.1) is 0 Å². The van der Waals surface area contributed by atoms with Crippen molar-refractivity contribution >= 4 is 22.6 Å². The first-order valence-corrected chi connectivity index (χ1v) is 7.81. The van der Waals surface area contributed by atoms with Crippen LogP contribution in [-0.2, 0) is 0 Å². The summed E-state index contributed by atoms with van der Waals surface area (Å²) in [5.74, 6) is 1.80. The Morgan fingerprint density at radius 3 is 1.65 bits per heavy atom. The molecule has 0 aliphatic carbocycles. The lowest BCUT2D eigenvalue weighted by atomic mass is 10.3. The highest BCUT2D eigenvalue weighted by Gasteiger charge is 1.94. The summed E-state index contributed by atoms with van der Waals surface area (Å²) >= 11 is 2.28. The van der Waals surface area contributed by atoms with Crippen LogP contribution in [0.3, 0.4) is 0 Å². The van der Waals surface area contributed by atoms with Crippen LogP contribution in [-0.4, -0.2) is 17.6 Å². The van der Waals surface area contributed by atoms with E-state index in [1.165, 1.54) is 0 Å². The highest BCUT2D eigenvalue weighted by Crippen LogP contribution is 2.17. The van der Waals surface area contributed by atoms with E-state index in [1.54, 1.807) is 0 Å². The zero-order valence-electron chi connectivity index (χ0n) is 11.6. The monoisotopic (exact) mass is 352 g/mol. The maximum Gasteiger partial charge on any atom is 0.119 e. The smallest absolute Gasteiger partial charge is 0.119 e. The van der Waals surface area contributed by atoms with Gasteiger partial charge < -0.3 is 9.47 Å². The summed E-state index contributed by atoms with van der Waals surface area (Å²) in [7, 11) is 0. The van der Waals surface area contributed by atoms with Gasteiger partial charge in [-0.15, -0.1) is 0 Å². The van der Waals surface area contributed by atoms with E-state index >= 15 is 0 Å². The summed E-state index contributed by atoms with van der Waals surface area (Å²) in [6.07, 6.45) is 0. The fraction of sp³-hybridized carbons (Fsp3) is 0.571. The highest BCUT2D eigenvalue weighted by atomic mass is 127. The number of halogens is 1. The Labute approximate surface area is 120 Å². The van der Waals surface area contributed by atoms with Crippen molar-refractivity contribution in [1.29, 1.82) is 0 Å². The quantitative estimate of drug-likeness (QED) is 0.551. The number of hydrogen-bond acceptors (Lipinski definition) is 2. The predicted octanol–water partition coefficient (Wildman–Crippen LogP) is 4.95. The second-order valence-electron chi connectivity index (χ2n) is 2.44. The fourth-order valence-electron chi connectivity index (χ4n) is 0.955. The predicted molar refractivity (Wildman–Crippen MR) is 84.7 cm³/mol. The lowest BCUT2D eigenvalue weighted by Crippen LogP contribution is -1.97. The van der Waals surface area contributed by atoms with Crippen molar-refractivity contribution in [3.05, 3.63) is 24.3 Å². The van der Waals surface area contributed by atoms with E-state index in [0.29, 0.717) is 6.61 Å². The Morgan fingerprint density at radius 1 is 0.882 bits per heavy atom. The van der Waals surface area contributed by atoms with Crippen LogP contribution in [0.1, 0.15) is 34.6 Å². The molecule has 0 fully saturated rings. The molecule has 0 bridgehead atoms. The Morgan fingerprint density at radius 2 is 1.29 bits per heavy atom. The number of benzene rings is 1. The van der Waals surface area contributed by atoms with Gasteiger partial charge in [0.2, 0.25) is 0 Å². The van der Waals surface area contributed by atoms with Gasteiger partial charge in [0, 0.05) is 4.43 Å². The summed E-state index contributed by atoms with van der Waals surface area (Å²) in [4.78, 5) is 0. The third kappa shape index (κ3) is 10.4. The minimum Gasteiger partial charge on any atom is -0.494 e. The Balaban J connectivity index is 0. The molecule has 100 valence electrons. The Bertz CT molecular complexity index is 234. The van der Waals surface area contributed by atoms with Gasteiger partial charge in [-0.25, -0.2) is 0 Å². The standard InChI is InChI=1S/C10H13IO2.2C2H6/c1-2-12-9-3-5-10(6-4-9)13-8-7-11;2*1-2/h3-6H,2,7-8H2,1H3;2*1-2H3. The van der Waals surface area contributed by atoms with Crippen molar-refractivity contribution < 1.29 is 9.47 Å². The van der Waals surface area contributed by atoms with Crippen molar-refractivity contribution in [2.24, 2.45) is 0 Å². The molecule has 0 amide bonds. The molecule has 3 heteroatoms. The summed E-state index contributed by atoms with van der Waals surface area (Å²) in [6.45, 7) is 11.4. The zero-order valence-corrected chi connectivity index (χ0v) is 13.8. The summed E-state index contributed by atoms with van der Waals surface area (Å²) < 4.78 is 11.7. The minimum atomic E-state index is 0.702. The Hall–Kier alpha value is -0.450. The van der Waals surface area contributed by atoms with Crippen LogP contribution in [0.2, 0.25) is 0 Å². The van der Waals surface area contributed by atoms with Crippen LogP contribution >= 0.6 is 22.6 Å². The van der Waals surface area contributed by atoms with Gasteiger partial charge in [-0.1, -0.05) is 50.3 Å². The molecule has 1 rings (SSSR count). The van der Waals surface area contributed by atoms with Crippen LogP contribution in [0.25, 0.3) is 0 Å². The van der Waals surface area contributed by atoms with E-state index in [-0.39, 0.29) is 0 Å². The molecule has 2 nitrogen and oxygen atoms in total. The van der Waals surface area contributed by atoms with Crippen LogP contribution in [0.15, 0.2) is 24.3 Å². The molecule has 0 aromatic heterocycles. The molecule has 0 saturated carbocycles. The number of alkyl halides is 1. The maximum absolute atomic E-state index is 5.43. The average Bonchev–Trinajstić information content (AvgIpc) is 2.43. The third-order valence-electron chi connectivity index (χ3n) is 1.48. The van der Waals surface area contributed by atoms with E-state index in [4.69, 9.17) is 9.47 Å². The van der Waals surface area contributed by atoms with Gasteiger partial charge in [-0.05, 0) is 31.2 Å². The van der Waals surface area contributed by atoms with Crippen molar-refractivity contribution in [1.82, 2.24) is 0 Å². The topological polar surface area (TPSA) is 18.5 Å². The molecule has 0 heterocycles. The van der Waals surface area contributed by atoms with Gasteiger partial charge in [0.25, 0.3) is 0 Å². The van der Waals surface area contributed by atoms with Crippen LogP contribution in [0.5, 0.6) is 11.5 Å². The molecule has 0 saturated heterocycles. The van der Waals surface area contributed by atoms with Crippen LogP contribution in [0.4, 0.5) is 0 Å². The molecule has 0 aliphatic rings. The molecule has 0 spiro atoms. The largest absolute Gasteiger partial charge is 0.494 e. The van der Waals surface area contributed by atoms with Gasteiger partial charge in [0.1, 0.15) is 11.5 Å². The SMILES string of the molecule is CC.CC.CCOc1ccc(OCCI)cc1. The Kier molecular flexibility index (Phi) is 17.3. The van der Waals surface area contributed by atoms with Crippen molar-refractivity contribution in [3.8, 4) is 11.5 Å². The summed E-state index contributed by atoms with van der Waals surface area (Å²) in [5.41, 5.74) is 0. The van der Waals surface area contributed by atoms with E-state index in [9.17, 15) is 0 Å². The molecule has 0 aliphatic heterocycles. The van der Waals surface area contributed by atoms with E-state index in [1.807, 2.05) is 58.9 Å². The summed E-state index contributed by atoms with van der Waals surface area (Å²) in [6, 6.07) is 7.70. The number of rotatable bonds is 5. The first-order valence-electron chi connectivity index (χ1n) is 6.28. The normalized spacial score (nSPS) is 8.12. The average molecular weight is 352 g/mol. The first-order chi connectivity index (χ1) is 8.36. The number of ether oxygens (including phenoxy) is 2. The summed E-state index contributed by atoms with van der Waals surface area (Å²) in [5, 5.41) is 0. The molecule has 0 N–H and O–H groups in total. The molecule has 0 radical (unpaired) electrons. The van der Waals surface area contributed by atoms with Crippen molar-refractivity contribution in [2.75, 3.05) is 17.6 Å². The second kappa shape index (κ2) is 15.6. The molecule has 0 unspecified atom stereocenters. The molecule has 17 heavy (non-hydrogen) atoms. The molecule has 1 aromatic rings. The fourth-order valence-corrected chi connectivity index (χ4v) is 1.18. The first kappa shape index (κ1) is 18.9. The minimum absolute atomic E-state index is 0.702. The molecule has 1 aromatic carbocycles. The maximum atomic E-state index is 5.43. The van der Waals surface area contributed by atoms with Gasteiger partial charge in [-0.2, -0.15) is 0 Å². The van der Waals surface area contributed by atoms with Gasteiger partial charge in [-0.3, -0.25) is 0 Å². The lowest BCUT2D eigenvalue weighted by molar-refractivity contribution is 0.333. The molecular formula is C14H25IO2. The van der Waals surface area contributed by atoms with Gasteiger partial charge in [0.15, 0.2) is 0 Å². The van der Waals surface area contributed by atoms with E-state index < -0.39 is 0 Å². The molecule has 0 atom stereocenters. The van der Waals surface area contributed by atoms with Crippen LogP contribution < -0.4 is 9.47 Å². The van der Waals surface area contributed by atoms with Gasteiger partial charge >= 0.3 is 0 Å². The molecular weight excluding hydrogens is 327 g/mol. The van der Waals surface area contributed by atoms with E-state index in [2.05, 4.69) is 22.6 Å². The second-order valence-corrected chi connectivity index (χ2v) is 3.52. The third-order valence-corrected chi connectivity index (χ3v) is 1.92. The zero-order chi connectivity index (χ0) is 13.5.